The van der Waals surface area contributed by atoms with Crippen LogP contribution in [0.2, 0.25) is 0 Å². The number of aryl methyl sites for hydroxylation is 4. The summed E-state index contributed by atoms with van der Waals surface area (Å²) >= 11 is 0. The molecule has 0 N–H and O–H groups in total. The van der Waals surface area contributed by atoms with Gasteiger partial charge in [-0.2, -0.15) is 10.2 Å². The Morgan fingerprint density at radius 1 is 0.882 bits per heavy atom. The Balaban J connectivity index is 0.000000171. The quantitative estimate of drug-likeness (QED) is 0.754. The highest BCUT2D eigenvalue weighted by Gasteiger charge is 1.86. The van der Waals surface area contributed by atoms with Crippen molar-refractivity contribution in [2.75, 3.05) is 0 Å². The maximum absolute atomic E-state index is 4.20. The number of pyridine rings is 1. The van der Waals surface area contributed by atoms with Crippen LogP contribution < -0.4 is 0 Å². The molecule has 90 valence electrons. The van der Waals surface area contributed by atoms with Crippen molar-refractivity contribution < 1.29 is 0 Å². The molecule has 0 saturated heterocycles. The van der Waals surface area contributed by atoms with Crippen molar-refractivity contribution in [3.8, 4) is 0 Å². The van der Waals surface area contributed by atoms with Crippen molar-refractivity contribution in [1.29, 1.82) is 0 Å². The van der Waals surface area contributed by atoms with E-state index in [0.717, 1.165) is 17.8 Å². The zero-order valence-electron chi connectivity index (χ0n) is 10.9. The maximum atomic E-state index is 4.20. The van der Waals surface area contributed by atoms with Crippen molar-refractivity contribution in [3.63, 3.8) is 0 Å². The summed E-state index contributed by atoms with van der Waals surface area (Å²) in [6.45, 7) is 8.00. The van der Waals surface area contributed by atoms with Crippen LogP contribution in [-0.4, -0.2) is 15.2 Å². The van der Waals surface area contributed by atoms with Gasteiger partial charge in [-0.25, -0.2) is 0 Å². The third kappa shape index (κ3) is 5.20. The van der Waals surface area contributed by atoms with Crippen LogP contribution in [0.25, 0.3) is 0 Å². The molecule has 3 nitrogen and oxygen atoms in total. The zero-order valence-corrected chi connectivity index (χ0v) is 10.9. The first kappa shape index (κ1) is 13.3. The Morgan fingerprint density at radius 3 is 1.82 bits per heavy atom. The topological polar surface area (TPSA) is 38.7 Å². The van der Waals surface area contributed by atoms with Gasteiger partial charge in [0.05, 0.1) is 11.4 Å². The van der Waals surface area contributed by atoms with Crippen LogP contribution in [0, 0.1) is 20.8 Å². The molecule has 2 heterocycles. The van der Waals surface area contributed by atoms with Crippen molar-refractivity contribution in [1.82, 2.24) is 15.2 Å². The van der Waals surface area contributed by atoms with Crippen LogP contribution in [0.3, 0.4) is 0 Å². The number of rotatable bonds is 1. The van der Waals surface area contributed by atoms with E-state index in [1.54, 1.807) is 0 Å². The van der Waals surface area contributed by atoms with Gasteiger partial charge < -0.3 is 0 Å². The summed E-state index contributed by atoms with van der Waals surface area (Å²) in [5.74, 6) is 0. The number of hydrogen-bond acceptors (Lipinski definition) is 3. The molecular formula is C14H19N3. The Morgan fingerprint density at radius 2 is 1.47 bits per heavy atom. The average Bonchev–Trinajstić information content (AvgIpc) is 2.35. The molecule has 2 aromatic heterocycles. The maximum Gasteiger partial charge on any atom is 0.0600 e. The summed E-state index contributed by atoms with van der Waals surface area (Å²) in [5, 5.41) is 7.66. The minimum absolute atomic E-state index is 0.968. The fourth-order valence-corrected chi connectivity index (χ4v) is 1.17. The molecule has 0 atom stereocenters. The fraction of sp³-hybridized carbons (Fsp3) is 0.357. The van der Waals surface area contributed by atoms with E-state index in [1.165, 1.54) is 11.3 Å². The molecule has 17 heavy (non-hydrogen) atoms. The van der Waals surface area contributed by atoms with Crippen molar-refractivity contribution in [2.24, 2.45) is 0 Å². The van der Waals surface area contributed by atoms with Gasteiger partial charge in [0.15, 0.2) is 0 Å². The lowest BCUT2D eigenvalue weighted by Gasteiger charge is -1.93. The molecule has 0 amide bonds. The molecule has 3 heteroatoms. The standard InChI is InChI=1S/C8H11N.C6H8N2/c1-3-8-5-4-7(2)6-9-8;1-5-3-4-6(2)8-7-5/h4-6H,3H2,1-2H3;3-4H,1-2H3. The largest absolute Gasteiger partial charge is 0.261 e. The lowest BCUT2D eigenvalue weighted by Crippen LogP contribution is -1.86. The summed E-state index contributed by atoms with van der Waals surface area (Å²) in [7, 11) is 0. The van der Waals surface area contributed by atoms with E-state index in [9.17, 15) is 0 Å². The predicted molar refractivity (Wildman–Crippen MR) is 69.9 cm³/mol. The number of aromatic nitrogens is 3. The highest BCUT2D eigenvalue weighted by molar-refractivity contribution is 5.11. The van der Waals surface area contributed by atoms with Crippen molar-refractivity contribution >= 4 is 0 Å². The van der Waals surface area contributed by atoms with E-state index in [1.807, 2.05) is 39.1 Å². The first-order chi connectivity index (χ1) is 8.11. The number of nitrogens with zero attached hydrogens (tertiary/aromatic N) is 3. The van der Waals surface area contributed by atoms with Crippen LogP contribution in [0.15, 0.2) is 30.5 Å². The van der Waals surface area contributed by atoms with Gasteiger partial charge in [0.2, 0.25) is 0 Å². The second-order valence-electron chi connectivity index (χ2n) is 4.00. The van der Waals surface area contributed by atoms with Crippen LogP contribution in [-0.2, 0) is 6.42 Å². The minimum atomic E-state index is 0.968. The highest BCUT2D eigenvalue weighted by atomic mass is 15.1. The van der Waals surface area contributed by atoms with Crippen molar-refractivity contribution in [2.45, 2.75) is 34.1 Å². The molecule has 0 fully saturated rings. The minimum Gasteiger partial charge on any atom is -0.261 e. The fourth-order valence-electron chi connectivity index (χ4n) is 1.17. The molecule has 0 unspecified atom stereocenters. The molecule has 0 aliphatic heterocycles. The molecular weight excluding hydrogens is 210 g/mol. The molecule has 0 radical (unpaired) electrons. The average molecular weight is 229 g/mol. The van der Waals surface area contributed by atoms with Gasteiger partial charge in [-0.05, 0) is 51.0 Å². The lowest BCUT2D eigenvalue weighted by molar-refractivity contribution is 0.941. The van der Waals surface area contributed by atoms with Crippen LogP contribution in [0.1, 0.15) is 29.6 Å². The Hall–Kier alpha value is -1.77. The monoisotopic (exact) mass is 229 g/mol. The molecule has 0 aliphatic carbocycles. The molecule has 0 saturated carbocycles. The van der Waals surface area contributed by atoms with Gasteiger partial charge in [-0.1, -0.05) is 13.0 Å². The Kier molecular flexibility index (Phi) is 5.27. The third-order valence-electron chi connectivity index (χ3n) is 2.27. The van der Waals surface area contributed by atoms with E-state index in [-0.39, 0.29) is 0 Å². The summed E-state index contributed by atoms with van der Waals surface area (Å²) in [6, 6.07) is 8.05. The van der Waals surface area contributed by atoms with Gasteiger partial charge >= 0.3 is 0 Å². The summed E-state index contributed by atoms with van der Waals surface area (Å²) in [6.07, 6.45) is 2.93. The first-order valence-electron chi connectivity index (χ1n) is 5.80. The van der Waals surface area contributed by atoms with E-state index in [0.29, 0.717) is 0 Å². The first-order valence-corrected chi connectivity index (χ1v) is 5.80. The van der Waals surface area contributed by atoms with Crippen molar-refractivity contribution in [3.05, 3.63) is 53.1 Å². The zero-order chi connectivity index (χ0) is 12.7. The summed E-state index contributed by atoms with van der Waals surface area (Å²) in [4.78, 5) is 4.20. The number of hydrogen-bond donors (Lipinski definition) is 0. The van der Waals surface area contributed by atoms with Crippen LogP contribution in [0.5, 0.6) is 0 Å². The van der Waals surface area contributed by atoms with Crippen LogP contribution in [0.4, 0.5) is 0 Å². The molecule has 2 aromatic rings. The second-order valence-corrected chi connectivity index (χ2v) is 4.00. The summed E-state index contributed by atoms with van der Waals surface area (Å²) in [5.41, 5.74) is 4.33. The van der Waals surface area contributed by atoms with E-state index in [4.69, 9.17) is 0 Å². The second kappa shape index (κ2) is 6.74. The van der Waals surface area contributed by atoms with E-state index < -0.39 is 0 Å². The Labute approximate surface area is 103 Å². The Bertz CT molecular complexity index is 411. The molecule has 0 aromatic carbocycles. The SMILES string of the molecule is CCc1ccc(C)cn1.Cc1ccc(C)nn1. The van der Waals surface area contributed by atoms with Gasteiger partial charge in [0.1, 0.15) is 0 Å². The van der Waals surface area contributed by atoms with Gasteiger partial charge in [0, 0.05) is 11.9 Å². The van der Waals surface area contributed by atoms with E-state index in [2.05, 4.69) is 34.2 Å². The normalized spacial score (nSPS) is 9.41. The molecule has 2 rings (SSSR count). The predicted octanol–water partition coefficient (Wildman–Crippen LogP) is 3.05. The highest BCUT2D eigenvalue weighted by Crippen LogP contribution is 1.97. The van der Waals surface area contributed by atoms with Crippen LogP contribution >= 0.6 is 0 Å². The molecule has 0 spiro atoms. The van der Waals surface area contributed by atoms with Gasteiger partial charge in [-0.3, -0.25) is 4.98 Å². The third-order valence-corrected chi connectivity index (χ3v) is 2.27. The molecule has 0 bridgehead atoms. The van der Waals surface area contributed by atoms with Gasteiger partial charge in [0.25, 0.3) is 0 Å². The molecule has 0 aliphatic rings. The van der Waals surface area contributed by atoms with Gasteiger partial charge in [-0.15, -0.1) is 0 Å². The lowest BCUT2D eigenvalue weighted by atomic mass is 10.2. The van der Waals surface area contributed by atoms with E-state index >= 15 is 0 Å². The summed E-state index contributed by atoms with van der Waals surface area (Å²) < 4.78 is 0. The smallest absolute Gasteiger partial charge is 0.0600 e.